The van der Waals surface area contributed by atoms with Crippen molar-refractivity contribution in [2.24, 2.45) is 0 Å². The number of hydrogen-bond donors (Lipinski definition) is 1. The third kappa shape index (κ3) is 1.83. The number of rotatable bonds is 2. The normalized spacial score (nSPS) is 29.2. The second-order valence-corrected chi connectivity index (χ2v) is 4.49. The summed E-state index contributed by atoms with van der Waals surface area (Å²) in [6, 6.07) is 0.618. The highest BCUT2D eigenvalue weighted by Gasteiger charge is 2.18. The zero-order valence-corrected chi connectivity index (χ0v) is 7.82. The van der Waals surface area contributed by atoms with Gasteiger partial charge < -0.3 is 5.32 Å². The van der Waals surface area contributed by atoms with Crippen LogP contribution in [0.2, 0.25) is 0 Å². The molecule has 1 aliphatic carbocycles. The Morgan fingerprint density at radius 2 is 2.42 bits per heavy atom. The van der Waals surface area contributed by atoms with E-state index in [0.29, 0.717) is 12.5 Å². The van der Waals surface area contributed by atoms with Crippen LogP contribution >= 0.6 is 11.8 Å². The van der Waals surface area contributed by atoms with Gasteiger partial charge in [0.05, 0.1) is 0 Å². The van der Waals surface area contributed by atoms with E-state index in [9.17, 15) is 4.79 Å². The predicted octanol–water partition coefficient (Wildman–Crippen LogP) is 1.33. The fourth-order valence-electron chi connectivity index (χ4n) is 1.62. The molecule has 1 saturated heterocycles. The van der Waals surface area contributed by atoms with Crippen LogP contribution in [-0.2, 0) is 4.79 Å². The highest BCUT2D eigenvalue weighted by atomic mass is 32.2. The molecular formula is C9H13NOS. The quantitative estimate of drug-likeness (QED) is 0.700. The maximum absolute atomic E-state index is 10.9. The Kier molecular flexibility index (Phi) is 2.40. The van der Waals surface area contributed by atoms with Gasteiger partial charge in [-0.1, -0.05) is 0 Å². The number of carbonyl (C=O) groups is 1. The van der Waals surface area contributed by atoms with Crippen molar-refractivity contribution in [3.05, 3.63) is 11.8 Å². The topological polar surface area (TPSA) is 29.1 Å². The molecule has 0 aromatic carbocycles. The van der Waals surface area contributed by atoms with E-state index < -0.39 is 0 Å². The summed E-state index contributed by atoms with van der Waals surface area (Å²) in [6.45, 7) is 0. The van der Waals surface area contributed by atoms with Crippen LogP contribution in [-0.4, -0.2) is 23.3 Å². The maximum Gasteiger partial charge on any atom is 0.157 e. The Balaban J connectivity index is 1.86. The van der Waals surface area contributed by atoms with Crippen LogP contribution in [0.4, 0.5) is 0 Å². The van der Waals surface area contributed by atoms with Crippen LogP contribution in [0.3, 0.4) is 0 Å². The van der Waals surface area contributed by atoms with Crippen LogP contribution in [0.1, 0.15) is 19.3 Å². The first-order chi connectivity index (χ1) is 5.84. The van der Waals surface area contributed by atoms with Gasteiger partial charge in [-0.3, -0.25) is 4.79 Å². The van der Waals surface area contributed by atoms with Gasteiger partial charge in [-0.05, 0) is 18.6 Å². The molecule has 2 rings (SSSR count). The third-order valence-corrected chi connectivity index (χ3v) is 3.46. The fraction of sp³-hybridized carbons (Fsp3) is 0.667. The highest BCUT2D eigenvalue weighted by molar-refractivity contribution is 7.99. The lowest BCUT2D eigenvalue weighted by molar-refractivity contribution is -0.114. The number of hydrogen-bond acceptors (Lipinski definition) is 3. The second-order valence-electron chi connectivity index (χ2n) is 3.34. The van der Waals surface area contributed by atoms with E-state index in [0.717, 1.165) is 12.1 Å². The Bertz CT molecular complexity index is 219. The first-order valence-electron chi connectivity index (χ1n) is 4.42. The van der Waals surface area contributed by atoms with Gasteiger partial charge >= 0.3 is 0 Å². The summed E-state index contributed by atoms with van der Waals surface area (Å²) in [5.74, 6) is 2.74. The van der Waals surface area contributed by atoms with Gasteiger partial charge in [0, 0.05) is 30.0 Å². The molecule has 1 heterocycles. The number of ketones is 1. The van der Waals surface area contributed by atoms with Gasteiger partial charge in [0.1, 0.15) is 0 Å². The fourth-order valence-corrected chi connectivity index (χ4v) is 2.77. The lowest BCUT2D eigenvalue weighted by atomic mass is 10.2. The summed E-state index contributed by atoms with van der Waals surface area (Å²) in [6.07, 6.45) is 4.65. The van der Waals surface area contributed by atoms with Crippen molar-refractivity contribution in [3.8, 4) is 0 Å². The van der Waals surface area contributed by atoms with Crippen molar-refractivity contribution in [1.29, 1.82) is 0 Å². The van der Waals surface area contributed by atoms with Crippen molar-refractivity contribution in [2.75, 3.05) is 11.5 Å². The van der Waals surface area contributed by atoms with Gasteiger partial charge in [0.2, 0.25) is 0 Å². The Morgan fingerprint density at radius 1 is 1.50 bits per heavy atom. The minimum atomic E-state index is 0.281. The van der Waals surface area contributed by atoms with E-state index >= 15 is 0 Å². The summed E-state index contributed by atoms with van der Waals surface area (Å²) < 4.78 is 0. The average Bonchev–Trinajstić information content (AvgIpc) is 2.63. The molecule has 0 saturated carbocycles. The van der Waals surface area contributed by atoms with Gasteiger partial charge in [0.15, 0.2) is 5.78 Å². The number of thioether (sulfide) groups is 1. The lowest BCUT2D eigenvalue weighted by Crippen LogP contribution is -2.27. The SMILES string of the molecule is O=C1C=C(NC2CCSC2)CC1. The molecule has 12 heavy (non-hydrogen) atoms. The predicted molar refractivity (Wildman–Crippen MR) is 51.2 cm³/mol. The molecule has 2 nitrogen and oxygen atoms in total. The molecule has 66 valence electrons. The van der Waals surface area contributed by atoms with Crippen molar-refractivity contribution >= 4 is 17.5 Å². The molecule has 0 spiro atoms. The number of nitrogens with one attached hydrogen (secondary N) is 1. The Morgan fingerprint density at radius 3 is 3.00 bits per heavy atom. The molecule has 0 amide bonds. The smallest absolute Gasteiger partial charge is 0.157 e. The van der Waals surface area contributed by atoms with E-state index in [1.165, 1.54) is 17.9 Å². The first kappa shape index (κ1) is 8.17. The van der Waals surface area contributed by atoms with Crippen LogP contribution in [0.5, 0.6) is 0 Å². The van der Waals surface area contributed by atoms with Gasteiger partial charge in [0.25, 0.3) is 0 Å². The van der Waals surface area contributed by atoms with E-state index in [4.69, 9.17) is 0 Å². The summed E-state index contributed by atoms with van der Waals surface area (Å²) in [5, 5.41) is 3.43. The zero-order chi connectivity index (χ0) is 8.39. The van der Waals surface area contributed by atoms with Gasteiger partial charge in [-0.2, -0.15) is 11.8 Å². The lowest BCUT2D eigenvalue weighted by Gasteiger charge is -2.12. The minimum Gasteiger partial charge on any atom is -0.385 e. The zero-order valence-electron chi connectivity index (χ0n) is 7.01. The Labute approximate surface area is 76.8 Å². The molecule has 1 fully saturated rings. The standard InChI is InChI=1S/C9H13NOS/c11-9-2-1-7(5-9)10-8-3-4-12-6-8/h5,8,10H,1-4,6H2. The molecule has 1 aliphatic heterocycles. The number of carbonyl (C=O) groups excluding carboxylic acids is 1. The molecule has 3 heteroatoms. The van der Waals surface area contributed by atoms with Crippen LogP contribution < -0.4 is 5.32 Å². The van der Waals surface area contributed by atoms with Crippen LogP contribution in [0.15, 0.2) is 11.8 Å². The van der Waals surface area contributed by atoms with E-state index in [1.54, 1.807) is 6.08 Å². The maximum atomic E-state index is 10.9. The minimum absolute atomic E-state index is 0.281. The molecule has 0 aromatic rings. The molecule has 1 atom stereocenters. The highest BCUT2D eigenvalue weighted by Crippen LogP contribution is 2.20. The van der Waals surface area contributed by atoms with E-state index in [2.05, 4.69) is 5.32 Å². The molecule has 0 radical (unpaired) electrons. The molecule has 1 unspecified atom stereocenters. The molecule has 0 bridgehead atoms. The van der Waals surface area contributed by atoms with E-state index in [1.807, 2.05) is 11.8 Å². The second kappa shape index (κ2) is 3.52. The monoisotopic (exact) mass is 183 g/mol. The molecule has 1 N–H and O–H groups in total. The summed E-state index contributed by atoms with van der Waals surface area (Å²) >= 11 is 1.99. The molecule has 0 aromatic heterocycles. The van der Waals surface area contributed by atoms with Crippen LogP contribution in [0, 0.1) is 0 Å². The molecule has 2 aliphatic rings. The molecular weight excluding hydrogens is 170 g/mol. The van der Waals surface area contributed by atoms with Gasteiger partial charge in [-0.15, -0.1) is 0 Å². The van der Waals surface area contributed by atoms with Crippen molar-refractivity contribution in [2.45, 2.75) is 25.3 Å². The summed E-state index contributed by atoms with van der Waals surface area (Å²) in [4.78, 5) is 10.9. The van der Waals surface area contributed by atoms with Crippen molar-refractivity contribution in [3.63, 3.8) is 0 Å². The van der Waals surface area contributed by atoms with Crippen molar-refractivity contribution in [1.82, 2.24) is 5.32 Å². The third-order valence-electron chi connectivity index (χ3n) is 2.30. The average molecular weight is 183 g/mol. The van der Waals surface area contributed by atoms with Gasteiger partial charge in [-0.25, -0.2) is 0 Å². The van der Waals surface area contributed by atoms with Crippen molar-refractivity contribution < 1.29 is 4.79 Å². The van der Waals surface area contributed by atoms with E-state index in [-0.39, 0.29) is 5.78 Å². The Hall–Kier alpha value is -0.440. The summed E-state index contributed by atoms with van der Waals surface area (Å²) in [5.41, 5.74) is 1.16. The largest absolute Gasteiger partial charge is 0.385 e. The van der Waals surface area contributed by atoms with Crippen LogP contribution in [0.25, 0.3) is 0 Å². The first-order valence-corrected chi connectivity index (χ1v) is 5.58. The number of allylic oxidation sites excluding steroid dienone is 2. The summed E-state index contributed by atoms with van der Waals surface area (Å²) in [7, 11) is 0.